The molecule has 2 aliphatic carbocycles. The molecule has 4 unspecified atom stereocenters. The molecule has 4 atom stereocenters. The molecule has 2 fully saturated rings. The van der Waals surface area contributed by atoms with Crippen molar-refractivity contribution < 1.29 is 5.11 Å². The molecule has 3 N–H and O–H groups in total. The summed E-state index contributed by atoms with van der Waals surface area (Å²) in [7, 11) is 4.30. The molecule has 3 nitrogen and oxygen atoms in total. The van der Waals surface area contributed by atoms with Crippen LogP contribution < -0.4 is 5.73 Å². The molecule has 0 bridgehead atoms. The molecule has 0 aliphatic heterocycles. The van der Waals surface area contributed by atoms with Crippen LogP contribution in [0.2, 0.25) is 0 Å². The van der Waals surface area contributed by atoms with E-state index in [1.54, 1.807) is 6.07 Å². The number of rotatable bonds is 5. The fourth-order valence-electron chi connectivity index (χ4n) is 6.54. The number of aromatic hydroxyl groups is 1. The van der Waals surface area contributed by atoms with Gasteiger partial charge in [0.1, 0.15) is 5.75 Å². The van der Waals surface area contributed by atoms with Crippen LogP contribution in [0.25, 0.3) is 0 Å². The van der Waals surface area contributed by atoms with Crippen molar-refractivity contribution in [2.45, 2.75) is 83.0 Å². The smallest absolute Gasteiger partial charge is 0.115 e. The third kappa shape index (κ3) is 6.23. The molecular weight excluding hydrogens is 416 g/mol. The summed E-state index contributed by atoms with van der Waals surface area (Å²) in [6.07, 6.45) is 10.5. The fraction of sp³-hybridized carbons (Fsp3) is 0.613. The van der Waals surface area contributed by atoms with E-state index in [9.17, 15) is 5.11 Å². The van der Waals surface area contributed by atoms with Crippen molar-refractivity contribution in [3.8, 4) is 5.75 Å². The Balaban J connectivity index is 0.000000192. The summed E-state index contributed by atoms with van der Waals surface area (Å²) in [6, 6.07) is 16.8. The lowest BCUT2D eigenvalue weighted by molar-refractivity contribution is 0.160. The van der Waals surface area contributed by atoms with Crippen molar-refractivity contribution in [1.29, 1.82) is 0 Å². The Labute approximate surface area is 208 Å². The third-order valence-electron chi connectivity index (χ3n) is 8.85. The molecule has 0 spiro atoms. The Kier molecular flexibility index (Phi) is 9.23. The van der Waals surface area contributed by atoms with E-state index in [-0.39, 0.29) is 5.41 Å². The number of benzene rings is 2. The predicted molar refractivity (Wildman–Crippen MR) is 146 cm³/mol. The van der Waals surface area contributed by atoms with Gasteiger partial charge in [-0.2, -0.15) is 0 Å². The lowest BCUT2D eigenvalue weighted by Gasteiger charge is -2.43. The largest absolute Gasteiger partial charge is 0.508 e. The van der Waals surface area contributed by atoms with Crippen molar-refractivity contribution in [1.82, 2.24) is 4.90 Å². The van der Waals surface area contributed by atoms with Crippen molar-refractivity contribution in [2.24, 2.45) is 17.6 Å². The van der Waals surface area contributed by atoms with Crippen LogP contribution in [0.3, 0.4) is 0 Å². The summed E-state index contributed by atoms with van der Waals surface area (Å²) < 4.78 is 0. The first kappa shape index (κ1) is 26.8. The Morgan fingerprint density at radius 1 is 0.853 bits per heavy atom. The van der Waals surface area contributed by atoms with Gasteiger partial charge in [-0.25, -0.2) is 0 Å². The minimum atomic E-state index is 0.210. The predicted octanol–water partition coefficient (Wildman–Crippen LogP) is 6.80. The van der Waals surface area contributed by atoms with E-state index in [2.05, 4.69) is 70.1 Å². The molecule has 0 amide bonds. The quantitative estimate of drug-likeness (QED) is 0.511. The zero-order chi connectivity index (χ0) is 24.8. The normalized spacial score (nSPS) is 29.4. The van der Waals surface area contributed by atoms with Gasteiger partial charge in [-0.05, 0) is 99.2 Å². The number of phenols is 1. The molecule has 34 heavy (non-hydrogen) atoms. The van der Waals surface area contributed by atoms with E-state index in [4.69, 9.17) is 5.73 Å². The van der Waals surface area contributed by atoms with E-state index in [0.717, 1.165) is 13.1 Å². The molecule has 188 valence electrons. The standard InChI is InChI=1S/C16H25NO.C15H23N/c1-16(13-8-6-9-15(18)11-13)10-5-4-7-14(16)12-17(2)3;1-12-6-5-8-13(10-12)15(2)9-4-3-7-14(15)11-16/h6,8-9,11,14,18H,4-5,7,10,12H2,1-3H3;5-6,8,10,14H,3-4,7,9,11,16H2,1-2H3. The lowest BCUT2D eigenvalue weighted by Crippen LogP contribution is -2.40. The maximum atomic E-state index is 9.72. The van der Waals surface area contributed by atoms with Crippen LogP contribution in [0.1, 0.15) is 81.9 Å². The van der Waals surface area contributed by atoms with Crippen LogP contribution >= 0.6 is 0 Å². The highest BCUT2D eigenvalue weighted by molar-refractivity contribution is 5.34. The monoisotopic (exact) mass is 464 g/mol. The number of nitrogens with zero attached hydrogens (tertiary/aromatic N) is 1. The first-order chi connectivity index (χ1) is 16.2. The van der Waals surface area contributed by atoms with Crippen LogP contribution in [0, 0.1) is 18.8 Å². The van der Waals surface area contributed by atoms with Gasteiger partial charge in [-0.1, -0.05) is 81.5 Å². The van der Waals surface area contributed by atoms with Gasteiger partial charge in [0.2, 0.25) is 0 Å². The zero-order valence-corrected chi connectivity index (χ0v) is 22.3. The van der Waals surface area contributed by atoms with Crippen LogP contribution in [0.15, 0.2) is 48.5 Å². The molecule has 2 aromatic carbocycles. The van der Waals surface area contributed by atoms with Gasteiger partial charge in [0.15, 0.2) is 0 Å². The second kappa shape index (κ2) is 11.7. The number of nitrogens with two attached hydrogens (primary N) is 1. The second-order valence-corrected chi connectivity index (χ2v) is 11.6. The molecule has 0 saturated heterocycles. The first-order valence-electron chi connectivity index (χ1n) is 13.4. The Hall–Kier alpha value is -1.84. The van der Waals surface area contributed by atoms with Crippen molar-refractivity contribution >= 4 is 0 Å². The molecule has 0 aromatic heterocycles. The summed E-state index contributed by atoms with van der Waals surface area (Å²) in [5.41, 5.74) is 10.6. The van der Waals surface area contributed by atoms with E-state index >= 15 is 0 Å². The van der Waals surface area contributed by atoms with Gasteiger partial charge in [-0.15, -0.1) is 0 Å². The minimum Gasteiger partial charge on any atom is -0.508 e. The van der Waals surface area contributed by atoms with E-state index in [0.29, 0.717) is 23.0 Å². The SMILES string of the molecule is CN(C)CC1CCCCC1(C)c1cccc(O)c1.Cc1cccc(C2(C)CCCCC2CN)c1. The zero-order valence-electron chi connectivity index (χ0n) is 22.3. The average molecular weight is 465 g/mol. The highest BCUT2D eigenvalue weighted by Crippen LogP contribution is 2.45. The van der Waals surface area contributed by atoms with Gasteiger partial charge >= 0.3 is 0 Å². The van der Waals surface area contributed by atoms with Gasteiger partial charge in [0.25, 0.3) is 0 Å². The summed E-state index contributed by atoms with van der Waals surface area (Å²) in [4.78, 5) is 2.29. The summed E-state index contributed by atoms with van der Waals surface area (Å²) in [6.45, 7) is 8.90. The molecule has 0 radical (unpaired) electrons. The summed E-state index contributed by atoms with van der Waals surface area (Å²) in [5, 5.41) is 9.72. The number of aryl methyl sites for hydroxylation is 1. The topological polar surface area (TPSA) is 49.5 Å². The molecule has 0 heterocycles. The van der Waals surface area contributed by atoms with Crippen molar-refractivity contribution in [3.63, 3.8) is 0 Å². The number of phenolic OH excluding ortho intramolecular Hbond substituents is 1. The Morgan fingerprint density at radius 3 is 1.97 bits per heavy atom. The van der Waals surface area contributed by atoms with E-state index in [1.165, 1.54) is 68.1 Å². The van der Waals surface area contributed by atoms with Gasteiger partial charge in [-0.3, -0.25) is 0 Å². The molecule has 3 heteroatoms. The summed E-state index contributed by atoms with van der Waals surface area (Å²) >= 11 is 0. The Morgan fingerprint density at radius 2 is 1.41 bits per heavy atom. The third-order valence-corrected chi connectivity index (χ3v) is 8.85. The van der Waals surface area contributed by atoms with Crippen molar-refractivity contribution in [3.05, 3.63) is 65.2 Å². The molecule has 2 saturated carbocycles. The van der Waals surface area contributed by atoms with Gasteiger partial charge in [0.05, 0.1) is 0 Å². The second-order valence-electron chi connectivity index (χ2n) is 11.6. The Bertz CT molecular complexity index is 910. The van der Waals surface area contributed by atoms with Crippen LogP contribution in [-0.4, -0.2) is 37.2 Å². The molecule has 2 aromatic rings. The summed E-state index contributed by atoms with van der Waals surface area (Å²) in [5.74, 6) is 1.73. The molecule has 4 rings (SSSR count). The van der Waals surface area contributed by atoms with Crippen LogP contribution in [-0.2, 0) is 10.8 Å². The van der Waals surface area contributed by atoms with Crippen LogP contribution in [0.5, 0.6) is 5.75 Å². The molecule has 2 aliphatic rings. The van der Waals surface area contributed by atoms with Crippen LogP contribution in [0.4, 0.5) is 0 Å². The van der Waals surface area contributed by atoms with E-state index < -0.39 is 0 Å². The lowest BCUT2D eigenvalue weighted by atomic mass is 9.63. The van der Waals surface area contributed by atoms with E-state index in [1.807, 2.05) is 12.1 Å². The fourth-order valence-corrected chi connectivity index (χ4v) is 6.54. The maximum Gasteiger partial charge on any atom is 0.115 e. The highest BCUT2D eigenvalue weighted by atomic mass is 16.3. The first-order valence-corrected chi connectivity index (χ1v) is 13.4. The maximum absolute atomic E-state index is 9.72. The van der Waals surface area contributed by atoms with Gasteiger partial charge in [0, 0.05) is 6.54 Å². The minimum absolute atomic E-state index is 0.210. The highest BCUT2D eigenvalue weighted by Gasteiger charge is 2.38. The van der Waals surface area contributed by atoms with Crippen molar-refractivity contribution in [2.75, 3.05) is 27.2 Å². The number of hydrogen-bond acceptors (Lipinski definition) is 3. The number of hydrogen-bond donors (Lipinski definition) is 2. The van der Waals surface area contributed by atoms with Gasteiger partial charge < -0.3 is 15.7 Å². The average Bonchev–Trinajstić information content (AvgIpc) is 2.81. The molecular formula is C31H48N2O.